The fourth-order valence-electron chi connectivity index (χ4n) is 4.01. The quantitative estimate of drug-likeness (QED) is 0.367. The molecule has 0 saturated carbocycles. The molecule has 1 amide bonds. The van der Waals surface area contributed by atoms with Gasteiger partial charge < -0.3 is 19.7 Å². The minimum Gasteiger partial charge on any atom is -0.481 e. The maximum absolute atomic E-state index is 13.0. The molecule has 3 aromatic heterocycles. The second kappa shape index (κ2) is 11.0. The molecule has 0 unspecified atom stereocenters. The van der Waals surface area contributed by atoms with Crippen LogP contribution in [0.25, 0.3) is 9.88 Å². The van der Waals surface area contributed by atoms with E-state index >= 15 is 0 Å². The highest BCUT2D eigenvalue weighted by atomic mass is 32.1. The van der Waals surface area contributed by atoms with Crippen molar-refractivity contribution in [2.75, 3.05) is 50.6 Å². The van der Waals surface area contributed by atoms with E-state index in [-0.39, 0.29) is 5.91 Å². The number of carbonyl (C=O) groups excluding carboxylic acids is 1. The van der Waals surface area contributed by atoms with Crippen molar-refractivity contribution in [2.45, 2.75) is 6.54 Å². The summed E-state index contributed by atoms with van der Waals surface area (Å²) in [6, 6.07) is 13.6. The van der Waals surface area contributed by atoms with Crippen molar-refractivity contribution in [3.63, 3.8) is 0 Å². The summed E-state index contributed by atoms with van der Waals surface area (Å²) in [6.07, 6.45) is 0. The highest BCUT2D eigenvalue weighted by Crippen LogP contribution is 2.30. The van der Waals surface area contributed by atoms with Crippen LogP contribution in [0.4, 0.5) is 11.4 Å². The van der Waals surface area contributed by atoms with Gasteiger partial charge in [-0.2, -0.15) is 9.97 Å². The SMILES string of the molecule is COc1cc(OC)nc(CN2CCN(c3ccccc3NC(=O)c3csc(-c4cccs4)n3)CC2)n1. The molecule has 186 valence electrons. The molecule has 5 rings (SSSR count). The fourth-order valence-corrected chi connectivity index (χ4v) is 5.62. The number of methoxy groups -OCH3 is 2. The van der Waals surface area contributed by atoms with Crippen LogP contribution in [0.3, 0.4) is 0 Å². The minimum absolute atomic E-state index is 0.204. The lowest BCUT2D eigenvalue weighted by molar-refractivity contribution is 0.102. The number of aromatic nitrogens is 3. The molecule has 1 aliphatic heterocycles. The number of ether oxygens (including phenoxy) is 2. The van der Waals surface area contributed by atoms with Gasteiger partial charge in [-0.05, 0) is 23.6 Å². The van der Waals surface area contributed by atoms with Gasteiger partial charge in [0.2, 0.25) is 11.8 Å². The molecular formula is C25H26N6O3S2. The van der Waals surface area contributed by atoms with Crippen molar-refractivity contribution >= 4 is 40.0 Å². The van der Waals surface area contributed by atoms with Crippen molar-refractivity contribution in [3.05, 3.63) is 64.7 Å². The molecule has 4 heterocycles. The lowest BCUT2D eigenvalue weighted by Gasteiger charge is -2.36. The van der Waals surface area contributed by atoms with Gasteiger partial charge in [-0.15, -0.1) is 22.7 Å². The third-order valence-corrected chi connectivity index (χ3v) is 7.72. The molecule has 0 radical (unpaired) electrons. The number of rotatable bonds is 8. The molecule has 0 bridgehead atoms. The van der Waals surface area contributed by atoms with E-state index in [0.717, 1.165) is 47.4 Å². The van der Waals surface area contributed by atoms with Crippen molar-refractivity contribution in [2.24, 2.45) is 0 Å². The van der Waals surface area contributed by atoms with E-state index in [0.29, 0.717) is 29.8 Å². The van der Waals surface area contributed by atoms with Crippen LogP contribution < -0.4 is 19.7 Å². The van der Waals surface area contributed by atoms with E-state index < -0.39 is 0 Å². The number of piperazine rings is 1. The number of anilines is 2. The predicted octanol–water partition coefficient (Wildman–Crippen LogP) is 4.25. The number of amides is 1. The van der Waals surface area contributed by atoms with Gasteiger partial charge in [0.05, 0.1) is 43.1 Å². The fraction of sp³-hybridized carbons (Fsp3) is 0.280. The summed E-state index contributed by atoms with van der Waals surface area (Å²) in [7, 11) is 3.16. The average molecular weight is 523 g/mol. The normalized spacial score (nSPS) is 14.0. The average Bonchev–Trinajstić information content (AvgIpc) is 3.62. The van der Waals surface area contributed by atoms with Gasteiger partial charge in [-0.1, -0.05) is 18.2 Å². The molecule has 1 saturated heterocycles. The molecule has 1 aliphatic rings. The number of benzene rings is 1. The Labute approximate surface area is 217 Å². The summed E-state index contributed by atoms with van der Waals surface area (Å²) in [5.74, 6) is 1.44. The Balaban J connectivity index is 1.23. The maximum atomic E-state index is 13.0. The third-order valence-electron chi connectivity index (χ3n) is 5.84. The van der Waals surface area contributed by atoms with Gasteiger partial charge in [0.1, 0.15) is 16.5 Å². The Morgan fingerprint density at radius 3 is 2.42 bits per heavy atom. The van der Waals surface area contributed by atoms with Crippen LogP contribution in [0.1, 0.15) is 16.3 Å². The van der Waals surface area contributed by atoms with E-state index in [2.05, 4.69) is 30.1 Å². The molecule has 9 nitrogen and oxygen atoms in total. The number of hydrogen-bond acceptors (Lipinski definition) is 10. The van der Waals surface area contributed by atoms with Gasteiger partial charge in [-0.25, -0.2) is 4.98 Å². The van der Waals surface area contributed by atoms with Crippen molar-refractivity contribution in [1.82, 2.24) is 19.9 Å². The molecule has 11 heteroatoms. The van der Waals surface area contributed by atoms with Crippen LogP contribution in [-0.2, 0) is 6.54 Å². The zero-order valence-corrected chi connectivity index (χ0v) is 21.6. The molecule has 4 aromatic rings. The monoisotopic (exact) mass is 522 g/mol. The second-order valence-electron chi connectivity index (χ2n) is 8.12. The number of nitrogens with zero attached hydrogens (tertiary/aromatic N) is 5. The van der Waals surface area contributed by atoms with E-state index in [1.54, 1.807) is 37.0 Å². The number of nitrogens with one attached hydrogen (secondary N) is 1. The van der Waals surface area contributed by atoms with Gasteiger partial charge in [0.15, 0.2) is 0 Å². The Hall–Kier alpha value is -3.54. The molecule has 1 aromatic carbocycles. The Kier molecular flexibility index (Phi) is 7.40. The van der Waals surface area contributed by atoms with Crippen molar-refractivity contribution < 1.29 is 14.3 Å². The number of thiophene rings is 1. The summed E-state index contributed by atoms with van der Waals surface area (Å²) in [5, 5.41) is 7.74. The molecule has 0 aliphatic carbocycles. The summed E-state index contributed by atoms with van der Waals surface area (Å²) in [5.41, 5.74) is 2.21. The van der Waals surface area contributed by atoms with Gasteiger partial charge in [0, 0.05) is 31.6 Å². The predicted molar refractivity (Wildman–Crippen MR) is 142 cm³/mol. The van der Waals surface area contributed by atoms with Gasteiger partial charge >= 0.3 is 0 Å². The van der Waals surface area contributed by atoms with Crippen LogP contribution in [0.2, 0.25) is 0 Å². The standard InChI is InChI=1S/C25H26N6O3S2/c1-33-22-14-23(34-2)29-21(28-22)15-30-9-11-31(12-10-30)19-7-4-3-6-17(19)26-24(32)18-16-36-25(27-18)20-8-5-13-35-20/h3-8,13-14,16H,9-12,15H2,1-2H3,(H,26,32). The number of carbonyl (C=O) groups is 1. The maximum Gasteiger partial charge on any atom is 0.275 e. The van der Waals surface area contributed by atoms with E-state index in [1.807, 2.05) is 41.8 Å². The number of hydrogen-bond donors (Lipinski definition) is 1. The Bertz CT molecular complexity index is 1300. The summed E-state index contributed by atoms with van der Waals surface area (Å²) in [6.45, 7) is 3.90. The van der Waals surface area contributed by atoms with Crippen LogP contribution in [-0.4, -0.2) is 66.2 Å². The van der Waals surface area contributed by atoms with E-state index in [1.165, 1.54) is 11.3 Å². The van der Waals surface area contributed by atoms with Gasteiger partial charge in [0.25, 0.3) is 5.91 Å². The highest BCUT2D eigenvalue weighted by Gasteiger charge is 2.22. The smallest absolute Gasteiger partial charge is 0.275 e. The summed E-state index contributed by atoms with van der Waals surface area (Å²) in [4.78, 5) is 32.0. The minimum atomic E-state index is -0.204. The first-order valence-corrected chi connectivity index (χ1v) is 13.2. The lowest BCUT2D eigenvalue weighted by Crippen LogP contribution is -2.46. The summed E-state index contributed by atoms with van der Waals surface area (Å²) < 4.78 is 10.5. The number of thiazole rings is 1. The molecule has 0 spiro atoms. The molecular weight excluding hydrogens is 496 g/mol. The zero-order chi connectivity index (χ0) is 24.9. The first kappa shape index (κ1) is 24.2. The van der Waals surface area contributed by atoms with Crippen molar-refractivity contribution in [3.8, 4) is 21.6 Å². The number of para-hydroxylation sites is 2. The molecule has 0 atom stereocenters. The Morgan fingerprint density at radius 2 is 1.72 bits per heavy atom. The van der Waals surface area contributed by atoms with E-state index in [4.69, 9.17) is 9.47 Å². The van der Waals surface area contributed by atoms with Crippen LogP contribution in [0.15, 0.2) is 53.2 Å². The molecule has 36 heavy (non-hydrogen) atoms. The van der Waals surface area contributed by atoms with E-state index in [9.17, 15) is 4.79 Å². The zero-order valence-electron chi connectivity index (χ0n) is 20.0. The molecule has 1 fully saturated rings. The highest BCUT2D eigenvalue weighted by molar-refractivity contribution is 7.20. The largest absolute Gasteiger partial charge is 0.481 e. The van der Waals surface area contributed by atoms with Crippen molar-refractivity contribution in [1.29, 1.82) is 0 Å². The van der Waals surface area contributed by atoms with Gasteiger partial charge in [-0.3, -0.25) is 9.69 Å². The summed E-state index contributed by atoms with van der Waals surface area (Å²) >= 11 is 3.10. The van der Waals surface area contributed by atoms with Crippen LogP contribution in [0, 0.1) is 0 Å². The first-order valence-electron chi connectivity index (χ1n) is 11.5. The second-order valence-corrected chi connectivity index (χ2v) is 9.92. The van der Waals surface area contributed by atoms with Crippen LogP contribution >= 0.6 is 22.7 Å². The third kappa shape index (κ3) is 5.48. The lowest BCUT2D eigenvalue weighted by atomic mass is 10.2. The topological polar surface area (TPSA) is 92.7 Å². The molecule has 1 N–H and O–H groups in total. The first-order chi connectivity index (χ1) is 17.6. The van der Waals surface area contributed by atoms with Crippen LogP contribution in [0.5, 0.6) is 11.8 Å². The Morgan fingerprint density at radius 1 is 0.972 bits per heavy atom.